The van der Waals surface area contributed by atoms with Gasteiger partial charge in [0.15, 0.2) is 11.5 Å². The third-order valence-electron chi connectivity index (χ3n) is 4.62. The molecule has 1 aliphatic heterocycles. The van der Waals surface area contributed by atoms with E-state index in [2.05, 4.69) is 37.3 Å². The van der Waals surface area contributed by atoms with Gasteiger partial charge in [-0.2, -0.15) is 4.98 Å². The predicted octanol–water partition coefficient (Wildman–Crippen LogP) is 1.70. The number of hydrogen-bond acceptors (Lipinski definition) is 7. The van der Waals surface area contributed by atoms with Gasteiger partial charge in [-0.3, -0.25) is 4.79 Å². The van der Waals surface area contributed by atoms with E-state index in [1.165, 1.54) is 0 Å². The van der Waals surface area contributed by atoms with Gasteiger partial charge in [-0.15, -0.1) is 10.2 Å². The van der Waals surface area contributed by atoms with E-state index < -0.39 is 5.91 Å². The SMILES string of the molecule is CN(C)c1nnc(C(N)=O)c(Nc2cccc3c2ccn3[C@@H]2CCOC2)n1. The summed E-state index contributed by atoms with van der Waals surface area (Å²) in [6.07, 6.45) is 3.06. The van der Waals surface area contributed by atoms with Crippen molar-refractivity contribution < 1.29 is 9.53 Å². The molecule has 1 atom stereocenters. The zero-order chi connectivity index (χ0) is 19.0. The first-order chi connectivity index (χ1) is 13.0. The second kappa shape index (κ2) is 6.84. The molecule has 140 valence electrons. The van der Waals surface area contributed by atoms with E-state index in [0.717, 1.165) is 36.2 Å². The number of nitrogens with two attached hydrogens (primary N) is 1. The number of hydrogen-bond donors (Lipinski definition) is 2. The van der Waals surface area contributed by atoms with E-state index in [0.29, 0.717) is 12.0 Å². The van der Waals surface area contributed by atoms with Gasteiger partial charge in [-0.05, 0) is 24.6 Å². The molecule has 1 aliphatic rings. The normalized spacial score (nSPS) is 16.6. The number of rotatable bonds is 5. The fraction of sp³-hybridized carbons (Fsp3) is 0.333. The summed E-state index contributed by atoms with van der Waals surface area (Å²) < 4.78 is 7.74. The van der Waals surface area contributed by atoms with E-state index in [-0.39, 0.29) is 11.5 Å². The summed E-state index contributed by atoms with van der Waals surface area (Å²) in [6, 6.07) is 8.33. The Morgan fingerprint density at radius 2 is 2.19 bits per heavy atom. The molecule has 27 heavy (non-hydrogen) atoms. The first kappa shape index (κ1) is 17.2. The number of aromatic nitrogens is 4. The summed E-state index contributed by atoms with van der Waals surface area (Å²) in [6.45, 7) is 1.50. The Balaban J connectivity index is 1.75. The van der Waals surface area contributed by atoms with Crippen molar-refractivity contribution in [2.75, 3.05) is 37.5 Å². The van der Waals surface area contributed by atoms with Crippen LogP contribution in [0, 0.1) is 0 Å². The van der Waals surface area contributed by atoms with Crippen molar-refractivity contribution in [3.05, 3.63) is 36.2 Å². The van der Waals surface area contributed by atoms with Crippen LogP contribution in [0.2, 0.25) is 0 Å². The number of nitrogens with zero attached hydrogens (tertiary/aromatic N) is 5. The number of benzene rings is 1. The van der Waals surface area contributed by atoms with Crippen molar-refractivity contribution in [3.8, 4) is 0 Å². The van der Waals surface area contributed by atoms with E-state index >= 15 is 0 Å². The fourth-order valence-corrected chi connectivity index (χ4v) is 3.24. The van der Waals surface area contributed by atoms with Gasteiger partial charge >= 0.3 is 0 Å². The number of nitrogens with one attached hydrogen (secondary N) is 1. The van der Waals surface area contributed by atoms with Crippen LogP contribution in [-0.2, 0) is 4.74 Å². The average molecular weight is 367 g/mol. The van der Waals surface area contributed by atoms with Crippen molar-refractivity contribution in [3.63, 3.8) is 0 Å². The van der Waals surface area contributed by atoms with Crippen molar-refractivity contribution >= 4 is 34.3 Å². The minimum atomic E-state index is -0.685. The number of primary amides is 1. The van der Waals surface area contributed by atoms with Crippen molar-refractivity contribution in [1.29, 1.82) is 0 Å². The third kappa shape index (κ3) is 3.17. The van der Waals surface area contributed by atoms with Gasteiger partial charge in [0.1, 0.15) is 0 Å². The number of fused-ring (bicyclic) bond motifs is 1. The maximum absolute atomic E-state index is 11.7. The summed E-state index contributed by atoms with van der Waals surface area (Å²) in [5.74, 6) is -0.0170. The van der Waals surface area contributed by atoms with Gasteiger partial charge in [0.25, 0.3) is 5.91 Å². The highest BCUT2D eigenvalue weighted by atomic mass is 16.5. The highest BCUT2D eigenvalue weighted by Gasteiger charge is 2.20. The number of anilines is 3. The maximum atomic E-state index is 11.7. The quantitative estimate of drug-likeness (QED) is 0.706. The predicted molar refractivity (Wildman–Crippen MR) is 102 cm³/mol. The van der Waals surface area contributed by atoms with Gasteiger partial charge in [0.2, 0.25) is 5.95 Å². The molecule has 0 spiro atoms. The molecule has 0 aliphatic carbocycles. The molecule has 0 radical (unpaired) electrons. The van der Waals surface area contributed by atoms with Crippen LogP contribution in [0.15, 0.2) is 30.5 Å². The molecule has 2 aromatic heterocycles. The highest BCUT2D eigenvalue weighted by molar-refractivity contribution is 5.99. The van der Waals surface area contributed by atoms with Gasteiger partial charge in [-0.25, -0.2) is 0 Å². The topological polar surface area (TPSA) is 111 Å². The average Bonchev–Trinajstić information content (AvgIpc) is 3.31. The summed E-state index contributed by atoms with van der Waals surface area (Å²) in [7, 11) is 3.60. The zero-order valence-corrected chi connectivity index (χ0v) is 15.2. The van der Waals surface area contributed by atoms with Crippen LogP contribution < -0.4 is 16.0 Å². The summed E-state index contributed by atoms with van der Waals surface area (Å²) in [5.41, 5.74) is 7.35. The molecule has 0 unspecified atom stereocenters. The summed E-state index contributed by atoms with van der Waals surface area (Å²) >= 11 is 0. The molecule has 3 aromatic rings. The Kier molecular flexibility index (Phi) is 4.36. The molecule has 1 saturated heterocycles. The monoisotopic (exact) mass is 367 g/mol. The lowest BCUT2D eigenvalue weighted by molar-refractivity contribution is 0.0995. The van der Waals surface area contributed by atoms with Crippen LogP contribution >= 0.6 is 0 Å². The highest BCUT2D eigenvalue weighted by Crippen LogP contribution is 2.31. The Labute approximate surface area is 156 Å². The Bertz CT molecular complexity index is 993. The lowest BCUT2D eigenvalue weighted by Crippen LogP contribution is -2.21. The molecular formula is C18H21N7O2. The number of ether oxygens (including phenoxy) is 1. The molecule has 3 N–H and O–H groups in total. The first-order valence-corrected chi connectivity index (χ1v) is 8.71. The molecule has 1 amide bonds. The van der Waals surface area contributed by atoms with E-state index in [9.17, 15) is 4.79 Å². The molecule has 3 heterocycles. The fourth-order valence-electron chi connectivity index (χ4n) is 3.24. The van der Waals surface area contributed by atoms with Crippen LogP contribution in [0.3, 0.4) is 0 Å². The standard InChI is InChI=1S/C18H21N7O2/c1-24(2)18-21-17(15(16(19)26)22-23-18)20-13-4-3-5-14-12(13)6-8-25(14)11-7-9-27-10-11/h3-6,8,11H,7,9-10H2,1-2H3,(H2,19,26)(H,20,21,23)/t11-/m1/s1. The molecule has 1 fully saturated rings. The minimum absolute atomic E-state index is 0.00114. The molecule has 0 bridgehead atoms. The summed E-state index contributed by atoms with van der Waals surface area (Å²) in [5, 5.41) is 12.1. The Hall–Kier alpha value is -3.20. The van der Waals surface area contributed by atoms with Gasteiger partial charge in [-0.1, -0.05) is 6.07 Å². The third-order valence-corrected chi connectivity index (χ3v) is 4.62. The zero-order valence-electron chi connectivity index (χ0n) is 15.2. The van der Waals surface area contributed by atoms with E-state index in [1.54, 1.807) is 19.0 Å². The largest absolute Gasteiger partial charge is 0.379 e. The second-order valence-corrected chi connectivity index (χ2v) is 6.67. The lowest BCUT2D eigenvalue weighted by atomic mass is 10.2. The smallest absolute Gasteiger partial charge is 0.273 e. The maximum Gasteiger partial charge on any atom is 0.273 e. The van der Waals surface area contributed by atoms with Crippen molar-refractivity contribution in [1.82, 2.24) is 19.7 Å². The van der Waals surface area contributed by atoms with Gasteiger partial charge in [0.05, 0.1) is 18.2 Å². The van der Waals surface area contributed by atoms with Crippen LogP contribution in [-0.4, -0.2) is 53.0 Å². The molecule has 9 nitrogen and oxygen atoms in total. The lowest BCUT2D eigenvalue weighted by Gasteiger charge is -2.15. The number of carbonyl (C=O) groups excluding carboxylic acids is 1. The molecular weight excluding hydrogens is 346 g/mol. The first-order valence-electron chi connectivity index (χ1n) is 8.71. The van der Waals surface area contributed by atoms with Crippen LogP contribution in [0.4, 0.5) is 17.5 Å². The molecule has 1 aromatic carbocycles. The molecule has 9 heteroatoms. The van der Waals surface area contributed by atoms with Crippen LogP contribution in [0.1, 0.15) is 23.0 Å². The van der Waals surface area contributed by atoms with Crippen molar-refractivity contribution in [2.24, 2.45) is 5.73 Å². The number of carbonyl (C=O) groups is 1. The van der Waals surface area contributed by atoms with Crippen LogP contribution in [0.5, 0.6) is 0 Å². The van der Waals surface area contributed by atoms with Gasteiger partial charge < -0.3 is 25.3 Å². The Morgan fingerprint density at radius 1 is 1.33 bits per heavy atom. The Morgan fingerprint density at radius 3 is 2.89 bits per heavy atom. The van der Waals surface area contributed by atoms with Crippen LogP contribution in [0.25, 0.3) is 10.9 Å². The van der Waals surface area contributed by atoms with Gasteiger partial charge in [0, 0.05) is 38.0 Å². The minimum Gasteiger partial charge on any atom is -0.379 e. The molecule has 4 rings (SSSR count). The van der Waals surface area contributed by atoms with E-state index in [4.69, 9.17) is 10.5 Å². The summed E-state index contributed by atoms with van der Waals surface area (Å²) in [4.78, 5) is 17.8. The van der Waals surface area contributed by atoms with Crippen molar-refractivity contribution in [2.45, 2.75) is 12.5 Å². The molecule has 0 saturated carbocycles. The van der Waals surface area contributed by atoms with E-state index in [1.807, 2.05) is 18.2 Å². The second-order valence-electron chi connectivity index (χ2n) is 6.67. The number of amides is 1.